The monoisotopic (exact) mass is 520 g/mol. The molecule has 0 aliphatic carbocycles. The van der Waals surface area contributed by atoms with Crippen molar-refractivity contribution in [3.8, 4) is 11.4 Å². The van der Waals surface area contributed by atoms with Crippen LogP contribution in [0.3, 0.4) is 0 Å². The van der Waals surface area contributed by atoms with Gasteiger partial charge in [-0.2, -0.15) is 0 Å². The number of anilines is 1. The molecule has 1 aromatic heterocycles. The fourth-order valence-electron chi connectivity index (χ4n) is 2.49. The van der Waals surface area contributed by atoms with E-state index < -0.39 is 0 Å². The van der Waals surface area contributed by atoms with Gasteiger partial charge in [0, 0.05) is 17.1 Å². The number of aromatic nitrogens is 3. The standard InChI is InChI=1S/C19H13Cl5N4OS/c1-2-5-28-18(11-4-3-10(20)6-12(11)21)26-27-19(28)30-9-17(29)25-16-8-14(23)13(22)7-15(16)24/h2-4,6-8H,1,5,9H2,(H,25,29). The van der Waals surface area contributed by atoms with Crippen LogP contribution in [0.1, 0.15) is 0 Å². The number of benzene rings is 2. The lowest BCUT2D eigenvalue weighted by Crippen LogP contribution is -2.15. The first kappa shape index (κ1) is 23.3. The van der Waals surface area contributed by atoms with Crippen LogP contribution >= 0.6 is 69.8 Å². The summed E-state index contributed by atoms with van der Waals surface area (Å²) < 4.78 is 1.81. The number of hydrogen-bond acceptors (Lipinski definition) is 4. The second-order valence-corrected chi connectivity index (χ2v) is 8.92. The predicted molar refractivity (Wildman–Crippen MR) is 127 cm³/mol. The number of thioether (sulfide) groups is 1. The van der Waals surface area contributed by atoms with Crippen LogP contribution in [0.25, 0.3) is 11.4 Å². The van der Waals surface area contributed by atoms with Crippen LogP contribution in [0.15, 0.2) is 48.1 Å². The molecule has 0 aliphatic heterocycles. The van der Waals surface area contributed by atoms with Gasteiger partial charge in [0.05, 0.1) is 31.5 Å². The maximum Gasteiger partial charge on any atom is 0.234 e. The van der Waals surface area contributed by atoms with Crippen LogP contribution in [0, 0.1) is 0 Å². The maximum absolute atomic E-state index is 12.4. The number of carbonyl (C=O) groups is 1. The fourth-order valence-corrected chi connectivity index (χ4v) is 4.33. The van der Waals surface area contributed by atoms with E-state index in [1.807, 2.05) is 4.57 Å². The molecule has 30 heavy (non-hydrogen) atoms. The molecular weight excluding hydrogens is 510 g/mol. The molecule has 0 unspecified atom stereocenters. The Morgan fingerprint density at radius 1 is 1.03 bits per heavy atom. The summed E-state index contributed by atoms with van der Waals surface area (Å²) in [5, 5.41) is 13.5. The van der Waals surface area contributed by atoms with E-state index in [4.69, 9.17) is 58.0 Å². The van der Waals surface area contributed by atoms with E-state index in [1.54, 1.807) is 24.3 Å². The molecule has 3 aromatic rings. The van der Waals surface area contributed by atoms with Crippen molar-refractivity contribution in [2.24, 2.45) is 0 Å². The van der Waals surface area contributed by atoms with E-state index in [0.717, 1.165) is 0 Å². The average molecular weight is 523 g/mol. The second kappa shape index (κ2) is 10.3. The van der Waals surface area contributed by atoms with Gasteiger partial charge < -0.3 is 5.32 Å². The molecule has 5 nitrogen and oxygen atoms in total. The van der Waals surface area contributed by atoms with Crippen molar-refractivity contribution in [3.05, 3.63) is 68.1 Å². The SMILES string of the molecule is C=CCn1c(SCC(=O)Nc2cc(Cl)c(Cl)cc2Cl)nnc1-c1ccc(Cl)cc1Cl. The maximum atomic E-state index is 12.4. The van der Waals surface area contributed by atoms with Gasteiger partial charge in [0.25, 0.3) is 0 Å². The Labute approximate surface area is 202 Å². The van der Waals surface area contributed by atoms with Gasteiger partial charge in [-0.25, -0.2) is 0 Å². The van der Waals surface area contributed by atoms with E-state index >= 15 is 0 Å². The van der Waals surface area contributed by atoms with Crippen molar-refractivity contribution >= 4 is 81.4 Å². The quantitative estimate of drug-likeness (QED) is 0.204. The first-order chi connectivity index (χ1) is 14.3. The van der Waals surface area contributed by atoms with Crippen molar-refractivity contribution < 1.29 is 4.79 Å². The molecule has 3 rings (SSSR count). The summed E-state index contributed by atoms with van der Waals surface area (Å²) >= 11 is 31.5. The highest BCUT2D eigenvalue weighted by Gasteiger charge is 2.18. The third-order valence-corrected chi connectivity index (χ3v) is 6.37. The van der Waals surface area contributed by atoms with Crippen molar-refractivity contribution in [3.63, 3.8) is 0 Å². The third kappa shape index (κ3) is 5.44. The zero-order valence-corrected chi connectivity index (χ0v) is 19.7. The molecular formula is C19H13Cl5N4OS. The lowest BCUT2D eigenvalue weighted by atomic mass is 10.2. The van der Waals surface area contributed by atoms with Gasteiger partial charge in [-0.05, 0) is 30.3 Å². The Bertz CT molecular complexity index is 1120. The van der Waals surface area contributed by atoms with Gasteiger partial charge in [-0.15, -0.1) is 16.8 Å². The molecule has 1 amide bonds. The molecule has 0 bridgehead atoms. The lowest BCUT2D eigenvalue weighted by Gasteiger charge is -2.10. The number of nitrogens with zero attached hydrogens (tertiary/aromatic N) is 3. The van der Waals surface area contributed by atoms with Crippen LogP contribution in [-0.2, 0) is 11.3 Å². The molecule has 0 spiro atoms. The number of rotatable bonds is 7. The topological polar surface area (TPSA) is 59.8 Å². The first-order valence-corrected chi connectivity index (χ1v) is 11.2. The largest absolute Gasteiger partial charge is 0.324 e. The molecule has 156 valence electrons. The molecule has 11 heteroatoms. The van der Waals surface area contributed by atoms with E-state index in [9.17, 15) is 4.79 Å². The Morgan fingerprint density at radius 3 is 2.47 bits per heavy atom. The summed E-state index contributed by atoms with van der Waals surface area (Å²) in [5.41, 5.74) is 1.05. The first-order valence-electron chi connectivity index (χ1n) is 8.37. The van der Waals surface area contributed by atoms with Gasteiger partial charge in [-0.3, -0.25) is 9.36 Å². The van der Waals surface area contributed by atoms with E-state index in [-0.39, 0.29) is 16.7 Å². The van der Waals surface area contributed by atoms with Gasteiger partial charge in [-0.1, -0.05) is 75.8 Å². The smallest absolute Gasteiger partial charge is 0.234 e. The van der Waals surface area contributed by atoms with Gasteiger partial charge in [0.15, 0.2) is 11.0 Å². The second-order valence-electron chi connectivity index (χ2n) is 5.91. The Hall–Kier alpha value is -1.41. The summed E-state index contributed by atoms with van der Waals surface area (Å²) in [6.07, 6.45) is 1.70. The number of allylic oxidation sites excluding steroid dienone is 1. The minimum atomic E-state index is -0.292. The minimum absolute atomic E-state index is 0.0696. The summed E-state index contributed by atoms with van der Waals surface area (Å²) in [6, 6.07) is 8.08. The summed E-state index contributed by atoms with van der Waals surface area (Å²) in [7, 11) is 0. The van der Waals surface area contributed by atoms with Gasteiger partial charge in [0.2, 0.25) is 5.91 Å². The molecule has 0 aliphatic rings. The third-order valence-electron chi connectivity index (χ3n) is 3.82. The lowest BCUT2D eigenvalue weighted by molar-refractivity contribution is -0.113. The minimum Gasteiger partial charge on any atom is -0.324 e. The van der Waals surface area contributed by atoms with E-state index in [1.165, 1.54) is 23.9 Å². The summed E-state index contributed by atoms with van der Waals surface area (Å²) in [5.74, 6) is 0.326. The van der Waals surface area contributed by atoms with Crippen LogP contribution in [-0.4, -0.2) is 26.4 Å². The van der Waals surface area contributed by atoms with Crippen molar-refractivity contribution in [1.29, 1.82) is 0 Å². The predicted octanol–water partition coefficient (Wildman–Crippen LogP) is 7.13. The van der Waals surface area contributed by atoms with Crippen LogP contribution in [0.2, 0.25) is 25.1 Å². The Morgan fingerprint density at radius 2 is 1.77 bits per heavy atom. The molecule has 0 fully saturated rings. The van der Waals surface area contributed by atoms with Crippen LogP contribution < -0.4 is 5.32 Å². The van der Waals surface area contributed by atoms with Crippen LogP contribution in [0.5, 0.6) is 0 Å². The molecule has 2 aromatic carbocycles. The number of amides is 1. The Balaban J connectivity index is 1.77. The number of hydrogen-bond donors (Lipinski definition) is 1. The molecule has 1 N–H and O–H groups in total. The number of carbonyl (C=O) groups excluding carboxylic acids is 1. The highest BCUT2D eigenvalue weighted by Crippen LogP contribution is 2.33. The highest BCUT2D eigenvalue weighted by atomic mass is 35.5. The van der Waals surface area contributed by atoms with E-state index in [0.29, 0.717) is 48.9 Å². The average Bonchev–Trinajstić information content (AvgIpc) is 3.07. The van der Waals surface area contributed by atoms with Crippen molar-refractivity contribution in [2.45, 2.75) is 11.7 Å². The number of nitrogens with one attached hydrogen (secondary N) is 1. The molecule has 1 heterocycles. The van der Waals surface area contributed by atoms with Gasteiger partial charge >= 0.3 is 0 Å². The number of halogens is 5. The molecule has 0 radical (unpaired) electrons. The van der Waals surface area contributed by atoms with E-state index in [2.05, 4.69) is 22.1 Å². The Kier molecular flexibility index (Phi) is 7.96. The zero-order chi connectivity index (χ0) is 21.8. The zero-order valence-electron chi connectivity index (χ0n) is 15.1. The summed E-state index contributed by atoms with van der Waals surface area (Å²) in [6.45, 7) is 4.20. The van der Waals surface area contributed by atoms with Crippen LogP contribution in [0.4, 0.5) is 5.69 Å². The van der Waals surface area contributed by atoms with Gasteiger partial charge in [0.1, 0.15) is 0 Å². The molecule has 0 atom stereocenters. The molecule has 0 saturated heterocycles. The van der Waals surface area contributed by atoms with Crippen molar-refractivity contribution in [1.82, 2.24) is 14.8 Å². The summed E-state index contributed by atoms with van der Waals surface area (Å²) in [4.78, 5) is 12.4. The highest BCUT2D eigenvalue weighted by molar-refractivity contribution is 7.99. The molecule has 0 saturated carbocycles. The van der Waals surface area contributed by atoms with Crippen molar-refractivity contribution in [2.75, 3.05) is 11.1 Å². The normalized spacial score (nSPS) is 10.8. The fraction of sp³-hybridized carbons (Fsp3) is 0.105.